The van der Waals surface area contributed by atoms with Crippen molar-refractivity contribution in [1.82, 2.24) is 5.32 Å². The second kappa shape index (κ2) is 7.88. The molecule has 0 heterocycles. The number of carbonyl (C=O) groups excluding carboxylic acids is 1. The summed E-state index contributed by atoms with van der Waals surface area (Å²) in [5, 5.41) is 2.77. The summed E-state index contributed by atoms with van der Waals surface area (Å²) in [6.07, 6.45) is 0. The van der Waals surface area contributed by atoms with Crippen LogP contribution in [0.4, 0.5) is 4.39 Å². The highest BCUT2D eigenvalue weighted by atomic mass is 35.5. The first-order valence-electron chi connectivity index (χ1n) is 7.02. The van der Waals surface area contributed by atoms with Gasteiger partial charge in [-0.2, -0.15) is 0 Å². The molecular weight excluding hydrogens is 337 g/mol. The van der Waals surface area contributed by atoms with Crippen LogP contribution in [-0.4, -0.2) is 27.2 Å². The number of nitrogens with one attached hydrogen (secondary N) is 1. The van der Waals surface area contributed by atoms with E-state index < -0.39 is 11.7 Å². The van der Waals surface area contributed by atoms with Crippen molar-refractivity contribution in [1.29, 1.82) is 0 Å². The van der Waals surface area contributed by atoms with E-state index in [1.807, 2.05) is 0 Å². The molecular formula is C17H17ClFNO4. The first kappa shape index (κ1) is 17.9. The van der Waals surface area contributed by atoms with Crippen molar-refractivity contribution in [3.8, 4) is 17.2 Å². The maximum atomic E-state index is 13.0. The summed E-state index contributed by atoms with van der Waals surface area (Å²) in [5.74, 6) is 0.536. The largest absolute Gasteiger partial charge is 0.493 e. The highest BCUT2D eigenvalue weighted by Crippen LogP contribution is 2.38. The normalized spacial score (nSPS) is 10.2. The molecule has 0 aliphatic carbocycles. The number of hydrogen-bond acceptors (Lipinski definition) is 4. The van der Waals surface area contributed by atoms with Crippen LogP contribution in [0.3, 0.4) is 0 Å². The molecule has 0 radical (unpaired) electrons. The Morgan fingerprint density at radius 2 is 1.71 bits per heavy atom. The van der Waals surface area contributed by atoms with Crippen molar-refractivity contribution in [3.63, 3.8) is 0 Å². The van der Waals surface area contributed by atoms with Crippen LogP contribution in [0.2, 0.25) is 5.02 Å². The van der Waals surface area contributed by atoms with Gasteiger partial charge in [-0.3, -0.25) is 4.79 Å². The Kier molecular flexibility index (Phi) is 5.87. The second-order valence-electron chi connectivity index (χ2n) is 4.84. The second-order valence-corrected chi connectivity index (χ2v) is 5.25. The summed E-state index contributed by atoms with van der Waals surface area (Å²) in [7, 11) is 4.54. The number of carbonyl (C=O) groups is 1. The van der Waals surface area contributed by atoms with Gasteiger partial charge < -0.3 is 19.5 Å². The molecule has 0 saturated carbocycles. The fraction of sp³-hybridized carbons (Fsp3) is 0.235. The van der Waals surface area contributed by atoms with Gasteiger partial charge in [0.1, 0.15) is 5.82 Å². The molecule has 0 saturated heterocycles. The predicted octanol–water partition coefficient (Wildman–Crippen LogP) is 3.43. The van der Waals surface area contributed by atoms with Gasteiger partial charge in [0.25, 0.3) is 5.91 Å². The molecule has 7 heteroatoms. The van der Waals surface area contributed by atoms with Crippen LogP contribution in [-0.2, 0) is 6.54 Å². The molecule has 128 valence electrons. The number of rotatable bonds is 6. The molecule has 0 fully saturated rings. The smallest absolute Gasteiger partial charge is 0.253 e. The van der Waals surface area contributed by atoms with Crippen molar-refractivity contribution in [2.45, 2.75) is 6.54 Å². The Morgan fingerprint density at radius 1 is 1.08 bits per heavy atom. The average Bonchev–Trinajstić information content (AvgIpc) is 2.58. The Bertz CT molecular complexity index is 726. The molecule has 1 N–H and O–H groups in total. The third kappa shape index (κ3) is 3.89. The van der Waals surface area contributed by atoms with Gasteiger partial charge in [0.05, 0.1) is 31.9 Å². The van der Waals surface area contributed by atoms with E-state index in [0.29, 0.717) is 17.2 Å². The topological polar surface area (TPSA) is 56.8 Å². The van der Waals surface area contributed by atoms with Gasteiger partial charge in [-0.15, -0.1) is 0 Å². The van der Waals surface area contributed by atoms with Crippen molar-refractivity contribution in [2.24, 2.45) is 0 Å². The van der Waals surface area contributed by atoms with E-state index in [-0.39, 0.29) is 17.1 Å². The number of ether oxygens (including phenoxy) is 3. The summed E-state index contributed by atoms with van der Waals surface area (Å²) >= 11 is 5.88. The van der Waals surface area contributed by atoms with E-state index in [4.69, 9.17) is 25.8 Å². The number of halogens is 2. The quantitative estimate of drug-likeness (QED) is 0.864. The van der Waals surface area contributed by atoms with E-state index in [2.05, 4.69) is 5.32 Å². The van der Waals surface area contributed by atoms with Crippen molar-refractivity contribution < 1.29 is 23.4 Å². The molecule has 0 atom stereocenters. The Morgan fingerprint density at radius 3 is 2.21 bits per heavy atom. The summed E-state index contributed by atoms with van der Waals surface area (Å²) < 4.78 is 28.8. The zero-order valence-corrected chi connectivity index (χ0v) is 14.2. The van der Waals surface area contributed by atoms with Crippen LogP contribution < -0.4 is 19.5 Å². The van der Waals surface area contributed by atoms with E-state index in [9.17, 15) is 9.18 Å². The SMILES string of the molecule is COc1cc(CNC(=O)c2ccc(F)cc2Cl)cc(OC)c1OC. The van der Waals surface area contributed by atoms with Crippen LogP contribution in [0.1, 0.15) is 15.9 Å². The van der Waals surface area contributed by atoms with Crippen LogP contribution >= 0.6 is 11.6 Å². The minimum absolute atomic E-state index is 0.0531. The molecule has 2 rings (SSSR count). The molecule has 1 amide bonds. The zero-order chi connectivity index (χ0) is 17.7. The minimum atomic E-state index is -0.499. The van der Waals surface area contributed by atoms with Gasteiger partial charge in [0, 0.05) is 6.54 Å². The standard InChI is InChI=1S/C17H17ClFNO4/c1-22-14-6-10(7-15(23-2)16(14)24-3)9-20-17(21)12-5-4-11(19)8-13(12)18/h4-8H,9H2,1-3H3,(H,20,21). The summed E-state index contributed by atoms with van der Waals surface area (Å²) in [6, 6.07) is 7.07. The van der Waals surface area contributed by atoms with Crippen molar-refractivity contribution in [3.05, 3.63) is 52.3 Å². The molecule has 0 aliphatic heterocycles. The monoisotopic (exact) mass is 353 g/mol. The van der Waals surface area contributed by atoms with Crippen LogP contribution in [0.25, 0.3) is 0 Å². The summed E-state index contributed by atoms with van der Waals surface area (Å²) in [4.78, 5) is 12.2. The lowest BCUT2D eigenvalue weighted by Crippen LogP contribution is -2.23. The third-order valence-corrected chi connectivity index (χ3v) is 3.67. The molecule has 0 unspecified atom stereocenters. The van der Waals surface area contributed by atoms with Crippen LogP contribution in [0.5, 0.6) is 17.2 Å². The molecule has 0 aliphatic rings. The molecule has 0 aromatic heterocycles. The fourth-order valence-corrected chi connectivity index (χ4v) is 2.44. The summed E-state index contributed by atoms with van der Waals surface area (Å²) in [5.41, 5.74) is 0.946. The Labute approximate surface area is 144 Å². The number of amides is 1. The third-order valence-electron chi connectivity index (χ3n) is 3.35. The van der Waals surface area contributed by atoms with E-state index in [1.165, 1.54) is 33.5 Å². The predicted molar refractivity (Wildman–Crippen MR) is 88.7 cm³/mol. The fourth-order valence-electron chi connectivity index (χ4n) is 2.19. The minimum Gasteiger partial charge on any atom is -0.493 e. The maximum Gasteiger partial charge on any atom is 0.253 e. The molecule has 2 aromatic rings. The average molecular weight is 354 g/mol. The van der Waals surface area contributed by atoms with E-state index in [1.54, 1.807) is 12.1 Å². The molecule has 2 aromatic carbocycles. The van der Waals surface area contributed by atoms with Crippen LogP contribution in [0.15, 0.2) is 30.3 Å². The highest BCUT2D eigenvalue weighted by molar-refractivity contribution is 6.33. The Balaban J connectivity index is 2.18. The summed E-state index contributed by atoms with van der Waals surface area (Å²) in [6.45, 7) is 0.212. The van der Waals surface area contributed by atoms with Crippen molar-refractivity contribution >= 4 is 17.5 Å². The van der Waals surface area contributed by atoms with Gasteiger partial charge in [-0.25, -0.2) is 4.39 Å². The van der Waals surface area contributed by atoms with Crippen LogP contribution in [0, 0.1) is 5.82 Å². The molecule has 0 bridgehead atoms. The first-order valence-corrected chi connectivity index (χ1v) is 7.40. The lowest BCUT2D eigenvalue weighted by Gasteiger charge is -2.14. The van der Waals surface area contributed by atoms with Gasteiger partial charge in [0.2, 0.25) is 5.75 Å². The number of hydrogen-bond donors (Lipinski definition) is 1. The van der Waals surface area contributed by atoms with Gasteiger partial charge in [-0.1, -0.05) is 11.6 Å². The molecule has 24 heavy (non-hydrogen) atoms. The van der Waals surface area contributed by atoms with Gasteiger partial charge in [0.15, 0.2) is 11.5 Å². The van der Waals surface area contributed by atoms with Gasteiger partial charge >= 0.3 is 0 Å². The Hall–Kier alpha value is -2.47. The zero-order valence-electron chi connectivity index (χ0n) is 13.5. The van der Waals surface area contributed by atoms with Gasteiger partial charge in [-0.05, 0) is 35.9 Å². The number of benzene rings is 2. The molecule has 5 nitrogen and oxygen atoms in total. The van der Waals surface area contributed by atoms with E-state index >= 15 is 0 Å². The maximum absolute atomic E-state index is 13.0. The lowest BCUT2D eigenvalue weighted by molar-refractivity contribution is 0.0951. The molecule has 0 spiro atoms. The first-order chi connectivity index (χ1) is 11.5. The number of methoxy groups -OCH3 is 3. The lowest BCUT2D eigenvalue weighted by atomic mass is 10.1. The van der Waals surface area contributed by atoms with Crippen molar-refractivity contribution in [2.75, 3.05) is 21.3 Å². The van der Waals surface area contributed by atoms with E-state index in [0.717, 1.165) is 11.6 Å². The highest BCUT2D eigenvalue weighted by Gasteiger charge is 2.15.